The number of thioether (sulfide) groups is 1. The molecule has 0 N–H and O–H groups in total. The number of rotatable bonds is 7. The van der Waals surface area contributed by atoms with Crippen molar-refractivity contribution in [2.24, 2.45) is 0 Å². The number of benzene rings is 3. The Morgan fingerprint density at radius 2 is 1.69 bits per heavy atom. The monoisotopic (exact) mass is 657 g/mol. The normalized spacial score (nSPS) is 16.8. The van der Waals surface area contributed by atoms with Crippen molar-refractivity contribution < 1.29 is 23.5 Å². The van der Waals surface area contributed by atoms with E-state index in [1.54, 1.807) is 35.2 Å². The molecule has 39 heavy (non-hydrogen) atoms. The maximum absolute atomic E-state index is 13.1. The van der Waals surface area contributed by atoms with E-state index in [1.165, 1.54) is 12.1 Å². The molecule has 0 unspecified atom stereocenters. The summed E-state index contributed by atoms with van der Waals surface area (Å²) in [6.07, 6.45) is 1.65. The second-order valence-electron chi connectivity index (χ2n) is 9.08. The maximum Gasteiger partial charge on any atom is 0.294 e. The van der Waals surface area contributed by atoms with E-state index in [0.717, 1.165) is 37.0 Å². The number of hydrogen-bond donors (Lipinski definition) is 0. The number of anilines is 1. The SMILES string of the molecule is O=C(CN1C(=O)S/C(=C/c2ccc(OCc3ccc(F)cc3)c(I)c2)C1=O)N1CCN(c2ccccc2)CC1. The van der Waals surface area contributed by atoms with E-state index in [9.17, 15) is 18.8 Å². The van der Waals surface area contributed by atoms with Crippen LogP contribution >= 0.6 is 34.4 Å². The van der Waals surface area contributed by atoms with Gasteiger partial charge < -0.3 is 14.5 Å². The second-order valence-corrected chi connectivity index (χ2v) is 11.2. The molecule has 10 heteroatoms. The van der Waals surface area contributed by atoms with Crippen molar-refractivity contribution in [3.05, 3.63) is 98.2 Å². The van der Waals surface area contributed by atoms with Crippen molar-refractivity contribution in [1.82, 2.24) is 9.80 Å². The van der Waals surface area contributed by atoms with Crippen molar-refractivity contribution in [3.63, 3.8) is 0 Å². The predicted molar refractivity (Wildman–Crippen MR) is 158 cm³/mol. The van der Waals surface area contributed by atoms with Gasteiger partial charge in [-0.15, -0.1) is 0 Å². The van der Waals surface area contributed by atoms with Crippen LogP contribution in [0.4, 0.5) is 14.9 Å². The summed E-state index contributed by atoms with van der Waals surface area (Å²) in [5, 5.41) is -0.448. The number of hydrogen-bond acceptors (Lipinski definition) is 6. The Labute approximate surface area is 243 Å². The number of carbonyl (C=O) groups excluding carboxylic acids is 3. The van der Waals surface area contributed by atoms with Gasteiger partial charge in [-0.05, 0) is 88.0 Å². The third-order valence-electron chi connectivity index (χ3n) is 6.48. The molecule has 2 saturated heterocycles. The highest BCUT2D eigenvalue weighted by atomic mass is 127. The highest BCUT2D eigenvalue weighted by Gasteiger charge is 2.37. The zero-order valence-corrected chi connectivity index (χ0v) is 23.9. The number of halogens is 2. The van der Waals surface area contributed by atoms with Crippen LogP contribution < -0.4 is 9.64 Å². The first kappa shape index (κ1) is 27.2. The Morgan fingerprint density at radius 1 is 0.974 bits per heavy atom. The molecule has 5 rings (SSSR count). The lowest BCUT2D eigenvalue weighted by molar-refractivity contribution is -0.136. The highest BCUT2D eigenvalue weighted by Crippen LogP contribution is 2.33. The van der Waals surface area contributed by atoms with Crippen LogP contribution in [-0.4, -0.2) is 59.6 Å². The lowest BCUT2D eigenvalue weighted by Crippen LogP contribution is -2.51. The molecule has 0 aliphatic carbocycles. The Hall–Kier alpha value is -3.38. The van der Waals surface area contributed by atoms with Crippen LogP contribution in [0.25, 0.3) is 6.08 Å². The van der Waals surface area contributed by atoms with Crippen LogP contribution in [0.5, 0.6) is 5.75 Å². The van der Waals surface area contributed by atoms with Crippen LogP contribution in [0.1, 0.15) is 11.1 Å². The van der Waals surface area contributed by atoms with E-state index in [1.807, 2.05) is 36.4 Å². The third-order valence-corrected chi connectivity index (χ3v) is 8.23. The Morgan fingerprint density at radius 3 is 2.38 bits per heavy atom. The molecule has 3 amide bonds. The van der Waals surface area contributed by atoms with Gasteiger partial charge in [-0.25, -0.2) is 4.39 Å². The molecule has 2 aliphatic heterocycles. The standard InChI is InChI=1S/C29H25FIN3O4S/c30-22-9-6-20(7-10-22)19-38-25-11-8-21(16-24(25)31)17-26-28(36)34(29(37)39-26)18-27(35)33-14-12-32(13-15-33)23-4-2-1-3-5-23/h1-11,16-17H,12-15,18-19H2/b26-17+. The molecule has 0 spiro atoms. The number of ether oxygens (including phenoxy) is 1. The highest BCUT2D eigenvalue weighted by molar-refractivity contribution is 14.1. The second kappa shape index (κ2) is 12.2. The van der Waals surface area contributed by atoms with Crippen molar-refractivity contribution in [1.29, 1.82) is 0 Å². The van der Waals surface area contributed by atoms with E-state index in [4.69, 9.17) is 4.74 Å². The van der Waals surface area contributed by atoms with Gasteiger partial charge in [0.15, 0.2) is 0 Å². The predicted octanol–water partition coefficient (Wildman–Crippen LogP) is 5.39. The largest absolute Gasteiger partial charge is 0.488 e. The quantitative estimate of drug-likeness (QED) is 0.251. The van der Waals surface area contributed by atoms with E-state index in [-0.39, 0.29) is 23.2 Å². The number of para-hydroxylation sites is 1. The van der Waals surface area contributed by atoms with Gasteiger partial charge in [0.2, 0.25) is 5.91 Å². The van der Waals surface area contributed by atoms with Gasteiger partial charge in [0, 0.05) is 31.9 Å². The van der Waals surface area contributed by atoms with Crippen molar-refractivity contribution in [3.8, 4) is 5.75 Å². The fourth-order valence-electron chi connectivity index (χ4n) is 4.34. The first-order valence-electron chi connectivity index (χ1n) is 12.4. The number of piperazine rings is 1. The van der Waals surface area contributed by atoms with Crippen molar-refractivity contribution >= 4 is 63.2 Å². The zero-order valence-electron chi connectivity index (χ0n) is 20.9. The molecule has 2 heterocycles. The molecular weight excluding hydrogens is 632 g/mol. The number of carbonyl (C=O) groups is 3. The van der Waals surface area contributed by atoms with Gasteiger partial charge >= 0.3 is 0 Å². The molecule has 3 aromatic carbocycles. The van der Waals surface area contributed by atoms with Gasteiger partial charge in [-0.2, -0.15) is 0 Å². The van der Waals surface area contributed by atoms with E-state index < -0.39 is 11.1 Å². The van der Waals surface area contributed by atoms with Gasteiger partial charge in [-0.3, -0.25) is 19.3 Å². The summed E-state index contributed by atoms with van der Waals surface area (Å²) < 4.78 is 19.8. The summed E-state index contributed by atoms with van der Waals surface area (Å²) in [6, 6.07) is 21.6. The minimum Gasteiger partial charge on any atom is -0.488 e. The van der Waals surface area contributed by atoms with Gasteiger partial charge in [0.25, 0.3) is 11.1 Å². The summed E-state index contributed by atoms with van der Waals surface area (Å²) in [4.78, 5) is 43.7. The molecule has 2 aliphatic rings. The average molecular weight is 658 g/mol. The fourth-order valence-corrected chi connectivity index (χ4v) is 5.87. The molecule has 0 aromatic heterocycles. The van der Waals surface area contributed by atoms with Crippen LogP contribution in [0.2, 0.25) is 0 Å². The zero-order chi connectivity index (χ0) is 27.4. The smallest absolute Gasteiger partial charge is 0.294 e. The van der Waals surface area contributed by atoms with Crippen LogP contribution in [0.15, 0.2) is 77.7 Å². The molecule has 0 atom stereocenters. The molecule has 200 valence electrons. The number of amides is 3. The van der Waals surface area contributed by atoms with Gasteiger partial charge in [-0.1, -0.05) is 36.4 Å². The minimum atomic E-state index is -0.465. The number of nitrogens with zero attached hydrogens (tertiary/aromatic N) is 3. The van der Waals surface area contributed by atoms with Crippen LogP contribution in [0.3, 0.4) is 0 Å². The number of imide groups is 1. The molecule has 0 bridgehead atoms. The fraction of sp³-hybridized carbons (Fsp3) is 0.207. The van der Waals surface area contributed by atoms with Gasteiger partial charge in [0.05, 0.1) is 8.48 Å². The Bertz CT molecular complexity index is 1410. The first-order chi connectivity index (χ1) is 18.9. The van der Waals surface area contributed by atoms with Gasteiger partial charge in [0.1, 0.15) is 24.7 Å². The Balaban J connectivity index is 1.17. The molecular formula is C29H25FIN3O4S. The Kier molecular flexibility index (Phi) is 8.51. The minimum absolute atomic E-state index is 0.233. The molecule has 0 saturated carbocycles. The molecule has 7 nitrogen and oxygen atoms in total. The molecule has 2 fully saturated rings. The van der Waals surface area contributed by atoms with Crippen LogP contribution in [-0.2, 0) is 16.2 Å². The first-order valence-corrected chi connectivity index (χ1v) is 14.3. The summed E-state index contributed by atoms with van der Waals surface area (Å²) in [6.45, 7) is 2.49. The summed E-state index contributed by atoms with van der Waals surface area (Å²) >= 11 is 2.98. The van der Waals surface area contributed by atoms with Crippen molar-refractivity contribution in [2.45, 2.75) is 6.61 Å². The summed E-state index contributed by atoms with van der Waals surface area (Å²) in [5.41, 5.74) is 2.70. The molecule has 3 aromatic rings. The third kappa shape index (κ3) is 6.62. The topological polar surface area (TPSA) is 70.2 Å². The maximum atomic E-state index is 13.1. The summed E-state index contributed by atoms with van der Waals surface area (Å²) in [7, 11) is 0. The van der Waals surface area contributed by atoms with E-state index >= 15 is 0 Å². The van der Waals surface area contributed by atoms with Crippen LogP contribution in [0, 0.1) is 9.39 Å². The summed E-state index contributed by atoms with van der Waals surface area (Å²) in [5.74, 6) is -0.340. The average Bonchev–Trinajstić information content (AvgIpc) is 3.21. The van der Waals surface area contributed by atoms with E-state index in [2.05, 4.69) is 27.5 Å². The lowest BCUT2D eigenvalue weighted by atomic mass is 10.2. The van der Waals surface area contributed by atoms with E-state index in [0.29, 0.717) is 38.5 Å². The molecule has 0 radical (unpaired) electrons. The van der Waals surface area contributed by atoms with Crippen molar-refractivity contribution in [2.75, 3.05) is 37.6 Å². The lowest BCUT2D eigenvalue weighted by Gasteiger charge is -2.36.